The first-order valence-corrected chi connectivity index (χ1v) is 7.62. The molecule has 0 saturated heterocycles. The van der Waals surface area contributed by atoms with Gasteiger partial charge in [-0.3, -0.25) is 0 Å². The van der Waals surface area contributed by atoms with Gasteiger partial charge in [-0.1, -0.05) is 16.7 Å². The third kappa shape index (κ3) is 4.78. The number of ether oxygens (including phenoxy) is 1. The molecule has 0 aliphatic rings. The molecule has 1 N–H and O–H groups in total. The highest BCUT2D eigenvalue weighted by Crippen LogP contribution is 2.31. The van der Waals surface area contributed by atoms with Crippen LogP contribution < -0.4 is 10.1 Å². The lowest BCUT2D eigenvalue weighted by Crippen LogP contribution is -2.17. The van der Waals surface area contributed by atoms with E-state index in [4.69, 9.17) is 12.2 Å². The molecule has 124 valence electrons. The summed E-state index contributed by atoms with van der Waals surface area (Å²) in [4.78, 5) is -0.0852. The van der Waals surface area contributed by atoms with Gasteiger partial charge in [-0.2, -0.15) is 0 Å². The third-order valence-corrected chi connectivity index (χ3v) is 4.20. The molecule has 0 radical (unpaired) electrons. The number of anilines is 1. The second-order valence-corrected chi connectivity index (χ2v) is 5.95. The van der Waals surface area contributed by atoms with Gasteiger partial charge in [0.15, 0.2) is 5.69 Å². The second-order valence-electron chi connectivity index (χ2n) is 3.93. The summed E-state index contributed by atoms with van der Waals surface area (Å²) in [5, 5.41) is 5.93. The summed E-state index contributed by atoms with van der Waals surface area (Å²) in [5.41, 5.74) is -0.279. The number of halogens is 6. The zero-order valence-electron chi connectivity index (χ0n) is 10.7. The van der Waals surface area contributed by atoms with Crippen LogP contribution in [0.25, 0.3) is 0 Å². The van der Waals surface area contributed by atoms with Crippen molar-refractivity contribution >= 4 is 50.4 Å². The number of nitrogens with zero attached hydrogens (tertiary/aromatic N) is 2. The van der Waals surface area contributed by atoms with Gasteiger partial charge in [0.2, 0.25) is 0 Å². The highest BCUT2D eigenvalue weighted by Gasteiger charge is 2.31. The Balaban J connectivity index is 2.17. The monoisotopic (exact) mass is 433 g/mol. The van der Waals surface area contributed by atoms with Gasteiger partial charge in [0.05, 0.1) is 5.69 Å². The van der Waals surface area contributed by atoms with E-state index in [1.807, 2.05) is 0 Å². The van der Waals surface area contributed by atoms with Gasteiger partial charge < -0.3 is 10.1 Å². The third-order valence-electron chi connectivity index (χ3n) is 2.35. The molecule has 1 heterocycles. The van der Waals surface area contributed by atoms with Crippen LogP contribution in [0.5, 0.6) is 5.75 Å². The summed E-state index contributed by atoms with van der Waals surface area (Å²) in [7, 11) is 0. The van der Waals surface area contributed by atoms with Crippen LogP contribution in [0.4, 0.5) is 27.6 Å². The number of aromatic nitrogens is 2. The lowest BCUT2D eigenvalue weighted by atomic mass is 10.3. The Morgan fingerprint density at radius 3 is 2.61 bits per heavy atom. The summed E-state index contributed by atoms with van der Waals surface area (Å²) < 4.78 is 69.2. The van der Waals surface area contributed by atoms with Crippen LogP contribution in [0.3, 0.4) is 0 Å². The van der Waals surface area contributed by atoms with E-state index in [0.717, 1.165) is 12.1 Å². The first kappa shape index (κ1) is 17.9. The van der Waals surface area contributed by atoms with Crippen molar-refractivity contribution in [1.29, 1.82) is 0 Å². The Kier molecular flexibility index (Phi) is 5.47. The topological polar surface area (TPSA) is 47.0 Å². The van der Waals surface area contributed by atoms with Crippen LogP contribution in [0.2, 0.25) is 0 Å². The van der Waals surface area contributed by atoms with Crippen molar-refractivity contribution in [1.82, 2.24) is 9.59 Å². The molecule has 0 bridgehead atoms. The van der Waals surface area contributed by atoms with E-state index in [1.165, 1.54) is 6.07 Å². The SMILES string of the molecule is FC(F)c1nnsc1C(=S)Nc1ccc(OC(F)(F)F)cc1Br. The zero-order chi connectivity index (χ0) is 17.2. The predicted octanol–water partition coefficient (Wildman–Crippen LogP) is 4.92. The predicted molar refractivity (Wildman–Crippen MR) is 81.0 cm³/mol. The Morgan fingerprint density at radius 1 is 1.35 bits per heavy atom. The van der Waals surface area contributed by atoms with Crippen LogP contribution in [-0.2, 0) is 0 Å². The van der Waals surface area contributed by atoms with Gasteiger partial charge in [0.25, 0.3) is 6.43 Å². The highest BCUT2D eigenvalue weighted by atomic mass is 79.9. The van der Waals surface area contributed by atoms with E-state index in [2.05, 4.69) is 35.6 Å². The van der Waals surface area contributed by atoms with Crippen LogP contribution in [0.15, 0.2) is 22.7 Å². The van der Waals surface area contributed by atoms with Crippen molar-refractivity contribution in [2.75, 3.05) is 5.32 Å². The van der Waals surface area contributed by atoms with E-state index in [1.54, 1.807) is 0 Å². The molecule has 1 aromatic carbocycles. The van der Waals surface area contributed by atoms with Crippen molar-refractivity contribution in [2.45, 2.75) is 12.8 Å². The quantitative estimate of drug-likeness (QED) is 0.547. The van der Waals surface area contributed by atoms with Crippen molar-refractivity contribution in [2.24, 2.45) is 0 Å². The Bertz CT molecular complexity index is 722. The minimum atomic E-state index is -4.82. The number of benzene rings is 1. The molecular weight excluding hydrogens is 429 g/mol. The number of hydrogen-bond acceptors (Lipinski definition) is 5. The smallest absolute Gasteiger partial charge is 0.406 e. The minimum Gasteiger partial charge on any atom is -0.406 e. The van der Waals surface area contributed by atoms with Crippen molar-refractivity contribution in [3.63, 3.8) is 0 Å². The lowest BCUT2D eigenvalue weighted by Gasteiger charge is -2.12. The summed E-state index contributed by atoms with van der Waals surface area (Å²) in [5.74, 6) is -0.437. The zero-order valence-corrected chi connectivity index (χ0v) is 13.9. The van der Waals surface area contributed by atoms with E-state index in [9.17, 15) is 22.0 Å². The van der Waals surface area contributed by atoms with Gasteiger partial charge in [0, 0.05) is 4.47 Å². The molecule has 12 heteroatoms. The average molecular weight is 434 g/mol. The van der Waals surface area contributed by atoms with Crippen LogP contribution in [0.1, 0.15) is 17.0 Å². The van der Waals surface area contributed by atoms with Gasteiger partial charge >= 0.3 is 6.36 Å². The van der Waals surface area contributed by atoms with Crippen LogP contribution >= 0.6 is 39.7 Å². The highest BCUT2D eigenvalue weighted by molar-refractivity contribution is 9.10. The van der Waals surface area contributed by atoms with E-state index in [0.29, 0.717) is 11.5 Å². The normalized spacial score (nSPS) is 11.6. The number of rotatable bonds is 4. The van der Waals surface area contributed by atoms with Gasteiger partial charge in [0.1, 0.15) is 15.6 Å². The number of hydrogen-bond donors (Lipinski definition) is 1. The number of alkyl halides is 5. The molecule has 0 aliphatic heterocycles. The Labute approximate surface area is 143 Å². The average Bonchev–Trinajstić information content (AvgIpc) is 2.89. The number of nitrogens with one attached hydrogen (secondary N) is 1. The molecule has 0 atom stereocenters. The molecule has 2 rings (SSSR count). The summed E-state index contributed by atoms with van der Waals surface area (Å²) >= 11 is 8.73. The molecule has 1 aromatic heterocycles. The van der Waals surface area contributed by atoms with E-state index < -0.39 is 24.2 Å². The van der Waals surface area contributed by atoms with Gasteiger partial charge in [-0.05, 0) is 45.7 Å². The molecule has 4 nitrogen and oxygen atoms in total. The van der Waals surface area contributed by atoms with Crippen molar-refractivity contribution < 1.29 is 26.7 Å². The summed E-state index contributed by atoms with van der Waals surface area (Å²) in [6, 6.07) is 3.38. The molecular formula is C11H5BrF5N3OS2. The molecule has 23 heavy (non-hydrogen) atoms. The summed E-state index contributed by atoms with van der Waals surface area (Å²) in [6.45, 7) is 0. The maximum absolute atomic E-state index is 12.7. The minimum absolute atomic E-state index is 0.0162. The fraction of sp³-hybridized carbons (Fsp3) is 0.182. The van der Waals surface area contributed by atoms with E-state index in [-0.39, 0.29) is 20.0 Å². The van der Waals surface area contributed by atoms with Crippen molar-refractivity contribution in [3.8, 4) is 5.75 Å². The molecule has 0 amide bonds. The second kappa shape index (κ2) is 7.01. The van der Waals surface area contributed by atoms with Crippen LogP contribution in [-0.4, -0.2) is 20.9 Å². The first-order chi connectivity index (χ1) is 10.7. The molecule has 0 aliphatic carbocycles. The Hall–Kier alpha value is -1.40. The standard InChI is InChI=1S/C11H5BrF5N3OS2/c12-5-3-4(21-11(15,16)17)1-2-6(5)18-10(22)8-7(9(13)14)19-20-23-8/h1-3,9H,(H,18,22). The van der Waals surface area contributed by atoms with Gasteiger partial charge in [-0.25, -0.2) is 8.78 Å². The lowest BCUT2D eigenvalue weighted by molar-refractivity contribution is -0.274. The molecule has 2 aromatic rings. The van der Waals surface area contributed by atoms with Crippen molar-refractivity contribution in [3.05, 3.63) is 33.2 Å². The maximum atomic E-state index is 12.7. The fourth-order valence-electron chi connectivity index (χ4n) is 1.47. The molecule has 0 fully saturated rings. The first-order valence-electron chi connectivity index (χ1n) is 5.64. The van der Waals surface area contributed by atoms with E-state index >= 15 is 0 Å². The van der Waals surface area contributed by atoms with Crippen LogP contribution in [0, 0.1) is 0 Å². The number of thiocarbonyl (C=S) groups is 1. The molecule has 0 spiro atoms. The maximum Gasteiger partial charge on any atom is 0.573 e. The summed E-state index contributed by atoms with van der Waals surface area (Å²) in [6.07, 6.45) is -7.65. The molecule has 0 saturated carbocycles. The fourth-order valence-corrected chi connectivity index (χ4v) is 2.82. The largest absolute Gasteiger partial charge is 0.573 e. The van der Waals surface area contributed by atoms with Gasteiger partial charge in [-0.15, -0.1) is 18.3 Å². The molecule has 0 unspecified atom stereocenters. The Morgan fingerprint density at radius 2 is 2.04 bits per heavy atom.